The highest BCUT2D eigenvalue weighted by Gasteiger charge is 2.13. The third kappa shape index (κ3) is 2.07. The fraction of sp³-hybridized carbons (Fsp3) is 0.231. The van der Waals surface area contributed by atoms with Gasteiger partial charge in [0, 0.05) is 11.6 Å². The van der Waals surface area contributed by atoms with Gasteiger partial charge >= 0.3 is 0 Å². The summed E-state index contributed by atoms with van der Waals surface area (Å²) < 4.78 is 10.5. The maximum Gasteiger partial charge on any atom is 0.132 e. The molecule has 5 nitrogen and oxygen atoms in total. The zero-order chi connectivity index (χ0) is 13.1. The van der Waals surface area contributed by atoms with Crippen LogP contribution in [0.2, 0.25) is 0 Å². The van der Waals surface area contributed by atoms with Gasteiger partial charge in [-0.25, -0.2) is 9.97 Å². The van der Waals surface area contributed by atoms with Crippen LogP contribution in [0.3, 0.4) is 0 Å². The van der Waals surface area contributed by atoms with Gasteiger partial charge in [-0.2, -0.15) is 0 Å². The predicted octanol–water partition coefficient (Wildman–Crippen LogP) is 2.05. The van der Waals surface area contributed by atoms with Crippen LogP contribution in [-0.4, -0.2) is 24.2 Å². The number of aryl methyl sites for hydroxylation is 1. The Bertz CT molecular complexity index is 570. The lowest BCUT2D eigenvalue weighted by atomic mass is 10.1. The zero-order valence-electron chi connectivity index (χ0n) is 10.6. The van der Waals surface area contributed by atoms with Crippen molar-refractivity contribution in [3.63, 3.8) is 0 Å². The molecule has 0 saturated carbocycles. The van der Waals surface area contributed by atoms with Crippen LogP contribution < -0.4 is 15.2 Å². The number of benzene rings is 1. The van der Waals surface area contributed by atoms with Gasteiger partial charge in [0.25, 0.3) is 0 Å². The fourth-order valence-electron chi connectivity index (χ4n) is 1.69. The number of methoxy groups -OCH3 is 2. The first-order chi connectivity index (χ1) is 8.67. The molecule has 0 radical (unpaired) electrons. The third-order valence-corrected chi connectivity index (χ3v) is 2.75. The summed E-state index contributed by atoms with van der Waals surface area (Å²) in [4.78, 5) is 8.27. The summed E-state index contributed by atoms with van der Waals surface area (Å²) in [5.74, 6) is 1.39. The largest absolute Gasteiger partial charge is 0.497 e. The maximum atomic E-state index is 6.00. The van der Waals surface area contributed by atoms with Gasteiger partial charge < -0.3 is 15.2 Å². The first-order valence-electron chi connectivity index (χ1n) is 5.47. The van der Waals surface area contributed by atoms with Crippen LogP contribution in [0.15, 0.2) is 24.5 Å². The average Bonchev–Trinajstić information content (AvgIpc) is 2.41. The first-order valence-corrected chi connectivity index (χ1v) is 5.47. The molecule has 0 atom stereocenters. The molecule has 1 heterocycles. The molecule has 18 heavy (non-hydrogen) atoms. The Morgan fingerprint density at radius 1 is 1.11 bits per heavy atom. The minimum absolute atomic E-state index is 0.556. The van der Waals surface area contributed by atoms with Crippen molar-refractivity contribution in [2.75, 3.05) is 20.0 Å². The van der Waals surface area contributed by atoms with Crippen molar-refractivity contribution in [1.82, 2.24) is 9.97 Å². The number of hydrogen-bond donors (Lipinski definition) is 1. The van der Waals surface area contributed by atoms with Crippen molar-refractivity contribution in [2.24, 2.45) is 0 Å². The van der Waals surface area contributed by atoms with E-state index in [1.165, 1.54) is 6.33 Å². The van der Waals surface area contributed by atoms with Crippen LogP contribution >= 0.6 is 0 Å². The van der Waals surface area contributed by atoms with Crippen molar-refractivity contribution < 1.29 is 9.47 Å². The number of aromatic nitrogens is 2. The summed E-state index contributed by atoms with van der Waals surface area (Å²) in [6, 6.07) is 5.51. The quantitative estimate of drug-likeness (QED) is 0.896. The monoisotopic (exact) mass is 245 g/mol. The fourth-order valence-corrected chi connectivity index (χ4v) is 1.69. The standard InChI is InChI=1S/C13H15N3O2/c1-8-12(14)13(16-7-15-8)10-5-4-9(17-2)6-11(10)18-3/h4-7H,14H2,1-3H3. The van der Waals surface area contributed by atoms with Crippen molar-refractivity contribution in [3.8, 4) is 22.8 Å². The molecule has 5 heteroatoms. The molecule has 2 N–H and O–H groups in total. The van der Waals surface area contributed by atoms with E-state index in [2.05, 4.69) is 9.97 Å². The van der Waals surface area contributed by atoms with E-state index in [9.17, 15) is 0 Å². The average molecular weight is 245 g/mol. The molecule has 0 saturated heterocycles. The van der Waals surface area contributed by atoms with E-state index >= 15 is 0 Å². The summed E-state index contributed by atoms with van der Waals surface area (Å²) >= 11 is 0. The lowest BCUT2D eigenvalue weighted by Crippen LogP contribution is -2.00. The van der Waals surface area contributed by atoms with Gasteiger partial charge in [-0.15, -0.1) is 0 Å². The molecule has 0 amide bonds. The SMILES string of the molecule is COc1ccc(-c2ncnc(C)c2N)c(OC)c1. The lowest BCUT2D eigenvalue weighted by molar-refractivity contribution is 0.395. The topological polar surface area (TPSA) is 70.3 Å². The Balaban J connectivity index is 2.60. The molecule has 0 fully saturated rings. The summed E-state index contributed by atoms with van der Waals surface area (Å²) in [5, 5.41) is 0. The number of nitrogens with two attached hydrogens (primary N) is 1. The Labute approximate surface area is 106 Å². The molecule has 0 spiro atoms. The highest BCUT2D eigenvalue weighted by molar-refractivity contribution is 5.78. The van der Waals surface area contributed by atoms with Crippen LogP contribution in [0, 0.1) is 6.92 Å². The summed E-state index contributed by atoms with van der Waals surface area (Å²) in [5.41, 5.74) is 8.79. The number of hydrogen-bond acceptors (Lipinski definition) is 5. The Morgan fingerprint density at radius 3 is 2.56 bits per heavy atom. The van der Waals surface area contributed by atoms with E-state index in [1.807, 2.05) is 19.1 Å². The minimum Gasteiger partial charge on any atom is -0.497 e. The number of rotatable bonds is 3. The van der Waals surface area contributed by atoms with Gasteiger partial charge in [0.15, 0.2) is 0 Å². The Kier molecular flexibility index (Phi) is 3.32. The molecule has 2 rings (SSSR count). The van der Waals surface area contributed by atoms with Gasteiger partial charge in [0.1, 0.15) is 23.5 Å². The van der Waals surface area contributed by atoms with Crippen molar-refractivity contribution in [2.45, 2.75) is 6.92 Å². The summed E-state index contributed by atoms with van der Waals surface area (Å²) in [6.45, 7) is 1.84. The molecular formula is C13H15N3O2. The van der Waals surface area contributed by atoms with Gasteiger partial charge in [-0.1, -0.05) is 0 Å². The van der Waals surface area contributed by atoms with E-state index in [0.717, 1.165) is 17.0 Å². The number of nitrogens with zero attached hydrogens (tertiary/aromatic N) is 2. The number of nitrogen functional groups attached to an aromatic ring is 1. The third-order valence-electron chi connectivity index (χ3n) is 2.75. The Morgan fingerprint density at radius 2 is 1.89 bits per heavy atom. The highest BCUT2D eigenvalue weighted by atomic mass is 16.5. The molecule has 2 aromatic rings. The molecule has 1 aromatic carbocycles. The molecule has 0 aliphatic heterocycles. The van der Waals surface area contributed by atoms with E-state index in [-0.39, 0.29) is 0 Å². The van der Waals surface area contributed by atoms with Crippen LogP contribution in [0.25, 0.3) is 11.3 Å². The summed E-state index contributed by atoms with van der Waals surface area (Å²) in [7, 11) is 3.21. The molecule has 0 aliphatic carbocycles. The molecular weight excluding hydrogens is 230 g/mol. The van der Waals surface area contributed by atoms with E-state index in [0.29, 0.717) is 17.1 Å². The first kappa shape index (κ1) is 12.2. The zero-order valence-corrected chi connectivity index (χ0v) is 10.6. The van der Waals surface area contributed by atoms with Crippen LogP contribution in [0.5, 0.6) is 11.5 Å². The second-order valence-electron chi connectivity index (χ2n) is 3.79. The molecule has 94 valence electrons. The van der Waals surface area contributed by atoms with Gasteiger partial charge in [0.05, 0.1) is 25.6 Å². The van der Waals surface area contributed by atoms with Crippen LogP contribution in [0.1, 0.15) is 5.69 Å². The Hall–Kier alpha value is -2.30. The summed E-state index contributed by atoms with van der Waals surface area (Å²) in [6.07, 6.45) is 1.49. The molecule has 0 unspecified atom stereocenters. The van der Waals surface area contributed by atoms with Gasteiger partial charge in [-0.3, -0.25) is 0 Å². The smallest absolute Gasteiger partial charge is 0.132 e. The molecule has 0 aliphatic rings. The highest BCUT2D eigenvalue weighted by Crippen LogP contribution is 2.35. The van der Waals surface area contributed by atoms with Crippen molar-refractivity contribution >= 4 is 5.69 Å². The lowest BCUT2D eigenvalue weighted by Gasteiger charge is -2.12. The van der Waals surface area contributed by atoms with Crippen LogP contribution in [-0.2, 0) is 0 Å². The van der Waals surface area contributed by atoms with Crippen LogP contribution in [0.4, 0.5) is 5.69 Å². The van der Waals surface area contributed by atoms with E-state index in [4.69, 9.17) is 15.2 Å². The van der Waals surface area contributed by atoms with Crippen molar-refractivity contribution in [1.29, 1.82) is 0 Å². The normalized spacial score (nSPS) is 10.2. The minimum atomic E-state index is 0.556. The number of ether oxygens (including phenoxy) is 2. The number of anilines is 1. The molecule has 1 aromatic heterocycles. The van der Waals surface area contributed by atoms with Gasteiger partial charge in [0.2, 0.25) is 0 Å². The molecule has 0 bridgehead atoms. The van der Waals surface area contributed by atoms with E-state index in [1.54, 1.807) is 20.3 Å². The van der Waals surface area contributed by atoms with Gasteiger partial charge in [-0.05, 0) is 19.1 Å². The van der Waals surface area contributed by atoms with E-state index < -0.39 is 0 Å². The van der Waals surface area contributed by atoms with Crippen molar-refractivity contribution in [3.05, 3.63) is 30.2 Å². The predicted molar refractivity (Wildman–Crippen MR) is 69.7 cm³/mol. The second kappa shape index (κ2) is 4.91. The maximum absolute atomic E-state index is 6.00. The second-order valence-corrected chi connectivity index (χ2v) is 3.79.